The summed E-state index contributed by atoms with van der Waals surface area (Å²) < 4.78 is 36.5. The summed E-state index contributed by atoms with van der Waals surface area (Å²) in [6.07, 6.45) is 7.38. The molecule has 0 radical (unpaired) electrons. The number of hydrogen-bond donors (Lipinski definition) is 0. The summed E-state index contributed by atoms with van der Waals surface area (Å²) in [4.78, 5) is 24.9. The largest absolute Gasteiger partial charge is 0.488 e. The molecule has 0 aromatic heterocycles. The fraction of sp³-hybridized carbons (Fsp3) is 0.590. The molecule has 0 heterocycles. The molecule has 0 aliphatic heterocycles. The number of carbonyl (C=O) groups excluding carboxylic acids is 2. The van der Waals surface area contributed by atoms with Gasteiger partial charge in [0.2, 0.25) is 0 Å². The van der Waals surface area contributed by atoms with Crippen molar-refractivity contribution in [3.63, 3.8) is 0 Å². The molecule has 2 unspecified atom stereocenters. The van der Waals surface area contributed by atoms with E-state index in [1.165, 1.54) is 0 Å². The third kappa shape index (κ3) is 12.6. The van der Waals surface area contributed by atoms with Crippen LogP contribution in [0.4, 0.5) is 0 Å². The van der Waals surface area contributed by atoms with E-state index in [0.717, 1.165) is 65.6 Å². The molecule has 0 amide bonds. The first-order valence-corrected chi connectivity index (χ1v) is 17.7. The lowest BCUT2D eigenvalue weighted by molar-refractivity contribution is -0.155. The Bertz CT molecular complexity index is 1370. The van der Waals surface area contributed by atoms with Crippen molar-refractivity contribution in [1.29, 1.82) is 0 Å². The van der Waals surface area contributed by atoms with Crippen LogP contribution < -0.4 is 9.47 Å². The molecule has 0 saturated carbocycles. The maximum Gasteiger partial charge on any atom is 0.306 e. The molecule has 2 atom stereocenters. The minimum atomic E-state index is -0.541. The van der Waals surface area contributed by atoms with Crippen LogP contribution in [-0.2, 0) is 28.5 Å². The molecule has 0 bridgehead atoms. The van der Waals surface area contributed by atoms with Crippen molar-refractivity contribution >= 4 is 33.5 Å². The fourth-order valence-electron chi connectivity index (χ4n) is 5.34. The summed E-state index contributed by atoms with van der Waals surface area (Å²) in [5, 5.41) is 3.51. The number of rotatable bonds is 24. The average Bonchev–Trinajstić information content (AvgIpc) is 3.05. The highest BCUT2D eigenvalue weighted by atomic mass is 16.6. The van der Waals surface area contributed by atoms with Crippen molar-refractivity contribution in [2.75, 3.05) is 39.6 Å². The molecule has 8 heteroatoms. The van der Waals surface area contributed by atoms with E-state index in [0.29, 0.717) is 50.4 Å². The number of benzene rings is 3. The molecule has 0 spiro atoms. The van der Waals surface area contributed by atoms with Crippen molar-refractivity contribution in [1.82, 2.24) is 0 Å². The van der Waals surface area contributed by atoms with E-state index in [1.807, 2.05) is 57.2 Å². The average molecular weight is 653 g/mol. The van der Waals surface area contributed by atoms with Crippen molar-refractivity contribution in [3.05, 3.63) is 48.0 Å². The minimum Gasteiger partial charge on any atom is -0.488 e. The zero-order valence-electron chi connectivity index (χ0n) is 29.3. The third-order valence-corrected chi connectivity index (χ3v) is 7.80. The number of unbranched alkanes of at least 4 members (excludes halogenated alkanes) is 4. The number of aryl methyl sites for hydroxylation is 1. The lowest BCUT2D eigenvalue weighted by Crippen LogP contribution is -2.30. The van der Waals surface area contributed by atoms with Crippen LogP contribution in [0.2, 0.25) is 0 Å². The SMILES string of the molecule is CCCCCOCC(COc1c2ccccc2c(OCC(COCCCCC)OC(=O)CCC)c2cc(C)ccc12)OC(=O)CCC. The Morgan fingerprint density at radius 1 is 0.574 bits per heavy atom. The van der Waals surface area contributed by atoms with Gasteiger partial charge in [-0.1, -0.05) is 95.3 Å². The van der Waals surface area contributed by atoms with Crippen LogP contribution in [0.1, 0.15) is 97.5 Å². The zero-order valence-corrected chi connectivity index (χ0v) is 29.3. The van der Waals surface area contributed by atoms with E-state index in [-0.39, 0.29) is 38.4 Å². The first-order valence-electron chi connectivity index (χ1n) is 17.7. The van der Waals surface area contributed by atoms with Crippen LogP contribution in [0.3, 0.4) is 0 Å². The predicted molar refractivity (Wildman–Crippen MR) is 187 cm³/mol. The number of hydrogen-bond acceptors (Lipinski definition) is 8. The van der Waals surface area contributed by atoms with Gasteiger partial charge in [-0.2, -0.15) is 0 Å². The standard InChI is InChI=1S/C39H56O8/c1-6-10-14-22-42-25-30(46-36(40)16-8-3)27-44-38-32-18-12-13-19-33(32)39(35-24-29(5)20-21-34(35)38)45-28-31(47-37(41)17-9-4)26-43-23-15-11-7-2/h12-13,18-21,24,30-31H,6-11,14-17,22-23,25-28H2,1-5H3. The van der Waals surface area contributed by atoms with Gasteiger partial charge < -0.3 is 28.4 Å². The van der Waals surface area contributed by atoms with Gasteiger partial charge in [0, 0.05) is 47.6 Å². The van der Waals surface area contributed by atoms with Crippen molar-refractivity contribution < 1.29 is 38.0 Å². The molecule has 8 nitrogen and oxygen atoms in total. The number of carbonyl (C=O) groups is 2. The molecule has 47 heavy (non-hydrogen) atoms. The highest BCUT2D eigenvalue weighted by Crippen LogP contribution is 2.43. The Hall–Kier alpha value is -3.36. The van der Waals surface area contributed by atoms with Crippen LogP contribution in [0, 0.1) is 6.92 Å². The summed E-state index contributed by atoms with van der Waals surface area (Å²) in [7, 11) is 0. The van der Waals surface area contributed by atoms with E-state index in [9.17, 15) is 9.59 Å². The van der Waals surface area contributed by atoms with Crippen LogP contribution in [0.25, 0.3) is 21.5 Å². The summed E-state index contributed by atoms with van der Waals surface area (Å²) >= 11 is 0. The fourth-order valence-corrected chi connectivity index (χ4v) is 5.34. The van der Waals surface area contributed by atoms with Crippen LogP contribution in [-0.4, -0.2) is 63.8 Å². The molecule has 3 rings (SSSR count). The van der Waals surface area contributed by atoms with E-state index in [4.69, 9.17) is 28.4 Å². The number of esters is 2. The smallest absolute Gasteiger partial charge is 0.306 e. The molecule has 0 N–H and O–H groups in total. The molecule has 0 aliphatic carbocycles. The lowest BCUT2D eigenvalue weighted by Gasteiger charge is -2.23. The topological polar surface area (TPSA) is 89.5 Å². The lowest BCUT2D eigenvalue weighted by atomic mass is 9.99. The monoisotopic (exact) mass is 652 g/mol. The summed E-state index contributed by atoms with van der Waals surface area (Å²) in [6.45, 7) is 12.3. The van der Waals surface area contributed by atoms with E-state index in [2.05, 4.69) is 19.9 Å². The van der Waals surface area contributed by atoms with Crippen LogP contribution >= 0.6 is 0 Å². The Morgan fingerprint density at radius 3 is 1.51 bits per heavy atom. The Morgan fingerprint density at radius 2 is 1.04 bits per heavy atom. The summed E-state index contributed by atoms with van der Waals surface area (Å²) in [5.74, 6) is 0.877. The molecular formula is C39H56O8. The second-order valence-electron chi connectivity index (χ2n) is 12.2. The van der Waals surface area contributed by atoms with Crippen molar-refractivity contribution in [2.24, 2.45) is 0 Å². The second-order valence-corrected chi connectivity index (χ2v) is 12.2. The predicted octanol–water partition coefficient (Wildman–Crippen LogP) is 8.90. The van der Waals surface area contributed by atoms with E-state index < -0.39 is 12.2 Å². The molecular weight excluding hydrogens is 596 g/mol. The zero-order chi connectivity index (χ0) is 33.9. The third-order valence-electron chi connectivity index (χ3n) is 7.80. The second kappa shape index (κ2) is 21.5. The van der Waals surface area contributed by atoms with Gasteiger partial charge in [-0.15, -0.1) is 0 Å². The first kappa shape index (κ1) is 38.1. The number of ether oxygens (including phenoxy) is 6. The molecule has 0 saturated heterocycles. The quantitative estimate of drug-likeness (QED) is 0.0539. The van der Waals surface area contributed by atoms with E-state index in [1.54, 1.807) is 0 Å². The van der Waals surface area contributed by atoms with Gasteiger partial charge in [-0.3, -0.25) is 9.59 Å². The van der Waals surface area contributed by atoms with Gasteiger partial charge in [0.15, 0.2) is 12.2 Å². The van der Waals surface area contributed by atoms with Gasteiger partial charge in [0.25, 0.3) is 0 Å². The minimum absolute atomic E-state index is 0.154. The van der Waals surface area contributed by atoms with Crippen molar-refractivity contribution in [3.8, 4) is 11.5 Å². The first-order chi connectivity index (χ1) is 22.9. The van der Waals surface area contributed by atoms with Crippen LogP contribution in [0.5, 0.6) is 11.5 Å². The van der Waals surface area contributed by atoms with Gasteiger partial charge >= 0.3 is 11.9 Å². The maximum atomic E-state index is 12.5. The van der Waals surface area contributed by atoms with Gasteiger partial charge in [-0.05, 0) is 38.7 Å². The van der Waals surface area contributed by atoms with Gasteiger partial charge in [-0.25, -0.2) is 0 Å². The Labute approximate surface area is 281 Å². The number of fused-ring (bicyclic) bond motifs is 2. The van der Waals surface area contributed by atoms with Gasteiger partial charge in [0.1, 0.15) is 24.7 Å². The molecule has 3 aromatic carbocycles. The maximum absolute atomic E-state index is 12.5. The van der Waals surface area contributed by atoms with Crippen LogP contribution in [0.15, 0.2) is 42.5 Å². The molecule has 0 aliphatic rings. The van der Waals surface area contributed by atoms with Crippen molar-refractivity contribution in [2.45, 2.75) is 111 Å². The normalized spacial score (nSPS) is 12.6. The summed E-state index contributed by atoms with van der Waals surface area (Å²) in [6, 6.07) is 14.1. The molecule has 3 aromatic rings. The van der Waals surface area contributed by atoms with Gasteiger partial charge in [0.05, 0.1) is 13.2 Å². The van der Waals surface area contributed by atoms with E-state index >= 15 is 0 Å². The Balaban J connectivity index is 1.90. The highest BCUT2D eigenvalue weighted by molar-refractivity contribution is 6.11. The molecule has 260 valence electrons. The highest BCUT2D eigenvalue weighted by Gasteiger charge is 2.22. The molecule has 0 fully saturated rings. The summed E-state index contributed by atoms with van der Waals surface area (Å²) in [5.41, 5.74) is 1.07. The Kier molecular flexibility index (Phi) is 17.4.